The van der Waals surface area contributed by atoms with Gasteiger partial charge in [0.1, 0.15) is 11.1 Å². The first-order chi connectivity index (χ1) is 11.1. The number of nitrogens with one attached hydrogen (secondary N) is 1. The molecule has 6 heteroatoms. The molecule has 0 radical (unpaired) electrons. The minimum absolute atomic E-state index is 0.0519. The molecule has 3 heterocycles. The number of amides is 1. The van der Waals surface area contributed by atoms with Crippen molar-refractivity contribution in [2.75, 3.05) is 19.7 Å². The van der Waals surface area contributed by atoms with Crippen LogP contribution in [0.4, 0.5) is 0 Å². The second-order valence-corrected chi connectivity index (χ2v) is 8.18. The third-order valence-corrected chi connectivity index (χ3v) is 5.77. The van der Waals surface area contributed by atoms with E-state index in [0.717, 1.165) is 51.9 Å². The summed E-state index contributed by atoms with van der Waals surface area (Å²) in [6, 6.07) is 0.177. The molecule has 0 saturated carbocycles. The quantitative estimate of drug-likeness (QED) is 0.917. The molecule has 0 aromatic carbocycles. The number of rotatable bonds is 4. The SMILES string of the molecule is CC(C)NC(=O)[C@H]1CCC2(CCN(Cc3nccs3)CC2)CO1. The van der Waals surface area contributed by atoms with Crippen molar-refractivity contribution >= 4 is 17.2 Å². The second kappa shape index (κ2) is 7.28. The van der Waals surface area contributed by atoms with Crippen LogP contribution in [0.25, 0.3) is 0 Å². The standard InChI is InChI=1S/C17H27N3O2S/c1-13(2)19-16(21)14-3-4-17(12-22-14)5-8-20(9-6-17)11-15-18-7-10-23-15/h7,10,13-14H,3-6,8-9,11-12H2,1-2H3,(H,19,21)/t14-/m1/s1. The molecular formula is C17H27N3O2S. The Morgan fingerprint density at radius 1 is 1.48 bits per heavy atom. The zero-order valence-electron chi connectivity index (χ0n) is 14.1. The molecule has 128 valence electrons. The maximum Gasteiger partial charge on any atom is 0.249 e. The number of likely N-dealkylation sites (tertiary alicyclic amines) is 1. The lowest BCUT2D eigenvalue weighted by Crippen LogP contribution is -2.49. The Hall–Kier alpha value is -0.980. The van der Waals surface area contributed by atoms with Crippen LogP contribution in [-0.2, 0) is 16.1 Å². The van der Waals surface area contributed by atoms with Gasteiger partial charge in [0.15, 0.2) is 0 Å². The number of carbonyl (C=O) groups excluding carboxylic acids is 1. The Kier molecular flexibility index (Phi) is 5.34. The molecule has 2 fully saturated rings. The molecule has 0 aliphatic carbocycles. The van der Waals surface area contributed by atoms with Crippen LogP contribution in [0.5, 0.6) is 0 Å². The Morgan fingerprint density at radius 3 is 2.83 bits per heavy atom. The molecule has 1 spiro atoms. The topological polar surface area (TPSA) is 54.5 Å². The van der Waals surface area contributed by atoms with Crippen molar-refractivity contribution in [3.05, 3.63) is 16.6 Å². The smallest absolute Gasteiger partial charge is 0.249 e. The minimum Gasteiger partial charge on any atom is -0.368 e. The lowest BCUT2D eigenvalue weighted by atomic mass is 9.73. The molecule has 1 aromatic rings. The highest BCUT2D eigenvalue weighted by atomic mass is 32.1. The van der Waals surface area contributed by atoms with Crippen molar-refractivity contribution in [2.24, 2.45) is 5.41 Å². The van der Waals surface area contributed by atoms with Crippen molar-refractivity contribution in [2.45, 2.75) is 58.2 Å². The monoisotopic (exact) mass is 337 g/mol. The third-order valence-electron chi connectivity index (χ3n) is 5.01. The summed E-state index contributed by atoms with van der Waals surface area (Å²) in [6.07, 6.45) is 5.91. The molecule has 23 heavy (non-hydrogen) atoms. The maximum atomic E-state index is 12.1. The van der Waals surface area contributed by atoms with E-state index in [4.69, 9.17) is 4.74 Å². The normalized spacial score (nSPS) is 24.9. The first kappa shape index (κ1) is 16.9. The van der Waals surface area contributed by atoms with E-state index in [2.05, 4.69) is 15.2 Å². The number of hydrogen-bond donors (Lipinski definition) is 1. The molecule has 1 N–H and O–H groups in total. The molecule has 1 atom stereocenters. The fourth-order valence-electron chi connectivity index (χ4n) is 3.56. The van der Waals surface area contributed by atoms with Crippen LogP contribution in [0, 0.1) is 5.41 Å². The molecule has 2 saturated heterocycles. The van der Waals surface area contributed by atoms with Crippen LogP contribution < -0.4 is 5.32 Å². The van der Waals surface area contributed by atoms with Crippen LogP contribution >= 0.6 is 11.3 Å². The Morgan fingerprint density at radius 2 is 2.26 bits per heavy atom. The van der Waals surface area contributed by atoms with E-state index in [-0.39, 0.29) is 23.5 Å². The van der Waals surface area contributed by atoms with Gasteiger partial charge in [0.05, 0.1) is 13.2 Å². The average molecular weight is 337 g/mol. The van der Waals surface area contributed by atoms with Crippen LogP contribution in [0.15, 0.2) is 11.6 Å². The van der Waals surface area contributed by atoms with Gasteiger partial charge in [-0.1, -0.05) is 0 Å². The summed E-state index contributed by atoms with van der Waals surface area (Å²) < 4.78 is 5.93. The predicted molar refractivity (Wildman–Crippen MR) is 91.3 cm³/mol. The van der Waals surface area contributed by atoms with Gasteiger partial charge in [-0.15, -0.1) is 11.3 Å². The number of aromatic nitrogens is 1. The molecule has 5 nitrogen and oxygen atoms in total. The van der Waals surface area contributed by atoms with E-state index in [1.165, 1.54) is 5.01 Å². The van der Waals surface area contributed by atoms with Gasteiger partial charge in [-0.2, -0.15) is 0 Å². The molecule has 0 bridgehead atoms. The van der Waals surface area contributed by atoms with E-state index in [1.54, 1.807) is 11.3 Å². The number of hydrogen-bond acceptors (Lipinski definition) is 5. The van der Waals surface area contributed by atoms with Gasteiger partial charge in [-0.05, 0) is 58.0 Å². The summed E-state index contributed by atoms with van der Waals surface area (Å²) in [5, 5.41) is 6.20. The minimum atomic E-state index is -0.253. The maximum absolute atomic E-state index is 12.1. The number of carbonyl (C=O) groups is 1. The Bertz CT molecular complexity index is 500. The van der Waals surface area contributed by atoms with Gasteiger partial charge >= 0.3 is 0 Å². The van der Waals surface area contributed by atoms with Gasteiger partial charge < -0.3 is 10.1 Å². The van der Waals surface area contributed by atoms with Gasteiger partial charge in [-0.25, -0.2) is 4.98 Å². The number of piperidine rings is 1. The molecule has 1 aromatic heterocycles. The number of nitrogens with zero attached hydrogens (tertiary/aromatic N) is 2. The van der Waals surface area contributed by atoms with E-state index >= 15 is 0 Å². The van der Waals surface area contributed by atoms with E-state index in [0.29, 0.717) is 0 Å². The average Bonchev–Trinajstić information content (AvgIpc) is 3.03. The highest BCUT2D eigenvalue weighted by molar-refractivity contribution is 7.09. The van der Waals surface area contributed by atoms with Crippen molar-refractivity contribution < 1.29 is 9.53 Å². The first-order valence-corrected chi connectivity index (χ1v) is 9.47. The van der Waals surface area contributed by atoms with Gasteiger partial charge in [0.2, 0.25) is 5.91 Å². The van der Waals surface area contributed by atoms with Crippen molar-refractivity contribution in [1.29, 1.82) is 0 Å². The summed E-state index contributed by atoms with van der Waals surface area (Å²) in [4.78, 5) is 18.9. The lowest BCUT2D eigenvalue weighted by Gasteiger charge is -2.45. The molecular weight excluding hydrogens is 310 g/mol. The highest BCUT2D eigenvalue weighted by Crippen LogP contribution is 2.40. The van der Waals surface area contributed by atoms with Crippen LogP contribution in [-0.4, -0.2) is 47.6 Å². The largest absolute Gasteiger partial charge is 0.368 e. The lowest BCUT2D eigenvalue weighted by molar-refractivity contribution is -0.145. The summed E-state index contributed by atoms with van der Waals surface area (Å²) in [6.45, 7) is 7.88. The first-order valence-electron chi connectivity index (χ1n) is 8.59. The van der Waals surface area contributed by atoms with Gasteiger partial charge in [-0.3, -0.25) is 9.69 Å². The number of thiazole rings is 1. The van der Waals surface area contributed by atoms with Crippen LogP contribution in [0.2, 0.25) is 0 Å². The molecule has 0 unspecified atom stereocenters. The molecule has 1 amide bonds. The molecule has 2 aliphatic heterocycles. The van der Waals surface area contributed by atoms with Crippen molar-refractivity contribution in [3.63, 3.8) is 0 Å². The van der Waals surface area contributed by atoms with Crippen LogP contribution in [0.3, 0.4) is 0 Å². The number of ether oxygens (including phenoxy) is 1. The van der Waals surface area contributed by atoms with Gasteiger partial charge in [0, 0.05) is 17.6 Å². The molecule has 2 aliphatic rings. The summed E-state index contributed by atoms with van der Waals surface area (Å²) >= 11 is 1.73. The van der Waals surface area contributed by atoms with E-state index in [9.17, 15) is 4.79 Å². The van der Waals surface area contributed by atoms with Crippen molar-refractivity contribution in [3.8, 4) is 0 Å². The third kappa shape index (κ3) is 4.31. The zero-order chi connectivity index (χ0) is 16.3. The fraction of sp³-hybridized carbons (Fsp3) is 0.765. The molecule has 3 rings (SSSR count). The summed E-state index contributed by atoms with van der Waals surface area (Å²) in [5.41, 5.74) is 0.286. The van der Waals surface area contributed by atoms with Gasteiger partial charge in [0.25, 0.3) is 0 Å². The Balaban J connectivity index is 1.45. The van der Waals surface area contributed by atoms with E-state index < -0.39 is 0 Å². The predicted octanol–water partition coefficient (Wildman–Crippen LogP) is 2.43. The fourth-order valence-corrected chi connectivity index (χ4v) is 4.21. The summed E-state index contributed by atoms with van der Waals surface area (Å²) in [7, 11) is 0. The second-order valence-electron chi connectivity index (χ2n) is 7.20. The zero-order valence-corrected chi connectivity index (χ0v) is 14.9. The highest BCUT2D eigenvalue weighted by Gasteiger charge is 2.40. The van der Waals surface area contributed by atoms with Crippen molar-refractivity contribution in [1.82, 2.24) is 15.2 Å². The summed E-state index contributed by atoms with van der Waals surface area (Å²) in [5.74, 6) is 0.0519. The van der Waals surface area contributed by atoms with E-state index in [1.807, 2.05) is 25.4 Å². The van der Waals surface area contributed by atoms with Crippen LogP contribution in [0.1, 0.15) is 44.5 Å². The Labute approximate surface area is 142 Å².